The van der Waals surface area contributed by atoms with E-state index in [4.69, 9.17) is 5.11 Å². The average molecular weight is 502 g/mol. The van der Waals surface area contributed by atoms with Gasteiger partial charge < -0.3 is 20.4 Å². The number of hydrogen-bond acceptors (Lipinski definition) is 7. The van der Waals surface area contributed by atoms with Crippen LogP contribution in [0.4, 0.5) is 30.5 Å². The molecular formula is C18H19BrF3N7O2. The summed E-state index contributed by atoms with van der Waals surface area (Å²) in [5.41, 5.74) is 0.194. The molecule has 3 N–H and O–H groups in total. The summed E-state index contributed by atoms with van der Waals surface area (Å²) in [6, 6.07) is 1.09. The highest BCUT2D eigenvalue weighted by Gasteiger charge is 2.42. The first-order valence-electron chi connectivity index (χ1n) is 9.02. The Morgan fingerprint density at radius 1 is 1.35 bits per heavy atom. The molecule has 0 aromatic carbocycles. The quantitative estimate of drug-likeness (QED) is 0.456. The van der Waals surface area contributed by atoms with Gasteiger partial charge in [0, 0.05) is 45.4 Å². The van der Waals surface area contributed by atoms with Crippen LogP contribution in [0.25, 0.3) is 11.4 Å². The number of pyridine rings is 1. The monoisotopic (exact) mass is 501 g/mol. The van der Waals surface area contributed by atoms with Crippen molar-refractivity contribution in [3.8, 4) is 11.4 Å². The van der Waals surface area contributed by atoms with Crippen molar-refractivity contribution in [2.45, 2.75) is 18.6 Å². The van der Waals surface area contributed by atoms with Crippen LogP contribution in [0.1, 0.15) is 6.42 Å². The maximum absolute atomic E-state index is 13.4. The van der Waals surface area contributed by atoms with Gasteiger partial charge in [-0.2, -0.15) is 13.2 Å². The molecule has 3 aromatic rings. The predicted molar refractivity (Wildman–Crippen MR) is 112 cm³/mol. The molecule has 0 fully saturated rings. The van der Waals surface area contributed by atoms with Crippen molar-refractivity contribution < 1.29 is 18.3 Å². The summed E-state index contributed by atoms with van der Waals surface area (Å²) in [5.74, 6) is 0.724. The van der Waals surface area contributed by atoms with Crippen LogP contribution in [0.2, 0.25) is 0 Å². The molecule has 0 aliphatic carbocycles. The second-order valence-corrected chi connectivity index (χ2v) is 7.50. The minimum absolute atomic E-state index is 0.182. The molecule has 0 saturated carbocycles. The highest BCUT2D eigenvalue weighted by atomic mass is 79.9. The number of hydrogen-bond donors (Lipinski definition) is 3. The summed E-state index contributed by atoms with van der Waals surface area (Å²) in [6.45, 7) is -0.606. The van der Waals surface area contributed by atoms with E-state index >= 15 is 0 Å². The number of H-pyrrole nitrogens is 1. The van der Waals surface area contributed by atoms with Crippen LogP contribution in [-0.2, 0) is 7.05 Å². The zero-order chi connectivity index (χ0) is 22.8. The Labute approximate surface area is 183 Å². The molecule has 31 heavy (non-hydrogen) atoms. The lowest BCUT2D eigenvalue weighted by atomic mass is 10.1. The SMILES string of the molecule is CN(c1cc(Nc2ccnc(-c3c[nH]n(C)c3=O)n2)ncc1Br)C(CCO)C(F)(F)F. The van der Waals surface area contributed by atoms with E-state index in [0.29, 0.717) is 10.3 Å². The molecule has 3 rings (SSSR count). The molecular weight excluding hydrogens is 483 g/mol. The van der Waals surface area contributed by atoms with Crippen LogP contribution >= 0.6 is 15.9 Å². The van der Waals surface area contributed by atoms with E-state index in [0.717, 1.165) is 4.90 Å². The summed E-state index contributed by atoms with van der Waals surface area (Å²) >= 11 is 3.23. The number of rotatable bonds is 7. The summed E-state index contributed by atoms with van der Waals surface area (Å²) in [4.78, 5) is 25.6. The Kier molecular flexibility index (Phi) is 6.65. The number of nitrogens with one attached hydrogen (secondary N) is 2. The molecule has 13 heteroatoms. The van der Waals surface area contributed by atoms with Gasteiger partial charge in [0.1, 0.15) is 23.2 Å². The third kappa shape index (κ3) is 5.05. The van der Waals surface area contributed by atoms with Crippen molar-refractivity contribution in [1.82, 2.24) is 24.7 Å². The van der Waals surface area contributed by atoms with Crippen molar-refractivity contribution in [2.24, 2.45) is 7.05 Å². The van der Waals surface area contributed by atoms with Crippen LogP contribution in [-0.4, -0.2) is 55.7 Å². The molecule has 166 valence electrons. The number of anilines is 3. The Bertz CT molecular complexity index is 1120. The summed E-state index contributed by atoms with van der Waals surface area (Å²) in [7, 11) is 2.85. The molecule has 0 radical (unpaired) electrons. The fourth-order valence-corrected chi connectivity index (χ4v) is 3.44. The Morgan fingerprint density at radius 2 is 2.10 bits per heavy atom. The number of nitrogens with zero attached hydrogens (tertiary/aromatic N) is 5. The van der Waals surface area contributed by atoms with Gasteiger partial charge in [-0.05, 0) is 28.4 Å². The van der Waals surface area contributed by atoms with Gasteiger partial charge in [0.05, 0.1) is 10.2 Å². The Balaban J connectivity index is 1.90. The highest BCUT2D eigenvalue weighted by molar-refractivity contribution is 9.10. The number of aliphatic hydroxyl groups is 1. The average Bonchev–Trinajstić information content (AvgIpc) is 3.05. The summed E-state index contributed by atoms with van der Waals surface area (Å²) in [6.07, 6.45) is -0.712. The first kappa shape index (κ1) is 22.7. The molecule has 0 bridgehead atoms. The van der Waals surface area contributed by atoms with Crippen molar-refractivity contribution in [1.29, 1.82) is 0 Å². The van der Waals surface area contributed by atoms with Crippen LogP contribution in [0, 0.1) is 0 Å². The van der Waals surface area contributed by atoms with E-state index in [1.54, 1.807) is 7.05 Å². The number of aliphatic hydroxyl groups excluding tert-OH is 1. The molecule has 0 spiro atoms. The second kappa shape index (κ2) is 9.06. The minimum Gasteiger partial charge on any atom is -0.396 e. The summed E-state index contributed by atoms with van der Waals surface area (Å²) < 4.78 is 41.9. The molecule has 0 aliphatic rings. The maximum Gasteiger partial charge on any atom is 0.408 e. The van der Waals surface area contributed by atoms with Gasteiger partial charge in [-0.3, -0.25) is 9.48 Å². The number of halogens is 4. The fourth-order valence-electron chi connectivity index (χ4n) is 2.95. The van der Waals surface area contributed by atoms with Crippen molar-refractivity contribution >= 4 is 33.3 Å². The number of aromatic nitrogens is 5. The minimum atomic E-state index is -4.53. The summed E-state index contributed by atoms with van der Waals surface area (Å²) in [5, 5.41) is 14.7. The normalized spacial score (nSPS) is 12.6. The molecule has 0 amide bonds. The van der Waals surface area contributed by atoms with Crippen LogP contribution in [0.5, 0.6) is 0 Å². The largest absolute Gasteiger partial charge is 0.408 e. The third-order valence-electron chi connectivity index (χ3n) is 4.55. The third-order valence-corrected chi connectivity index (χ3v) is 5.16. The van der Waals surface area contributed by atoms with E-state index < -0.39 is 25.2 Å². The van der Waals surface area contributed by atoms with Crippen molar-refractivity contribution in [3.05, 3.63) is 45.5 Å². The van der Waals surface area contributed by atoms with Gasteiger partial charge in [-0.15, -0.1) is 0 Å². The standard InChI is InChI=1S/C18H19BrF3N7O2/c1-28(13(4-6-30)18(20,21)22)12-7-15(24-9-11(12)19)26-14-3-5-23-16(27-14)10-8-25-29(2)17(10)31/h3,5,7-9,13,25,30H,4,6H2,1-2H3,(H,23,24,26,27). The molecule has 1 atom stereocenters. The molecule has 3 heterocycles. The first-order chi connectivity index (χ1) is 14.6. The van der Waals surface area contributed by atoms with Crippen LogP contribution in [0.15, 0.2) is 40.0 Å². The van der Waals surface area contributed by atoms with Gasteiger partial charge in [-0.25, -0.2) is 15.0 Å². The molecule has 1 unspecified atom stereocenters. The second-order valence-electron chi connectivity index (χ2n) is 6.64. The van der Waals surface area contributed by atoms with Gasteiger partial charge in [-0.1, -0.05) is 0 Å². The van der Waals surface area contributed by atoms with E-state index in [1.165, 1.54) is 42.5 Å². The predicted octanol–water partition coefficient (Wildman–Crippen LogP) is 2.82. The molecule has 0 saturated heterocycles. The van der Waals surface area contributed by atoms with Gasteiger partial charge >= 0.3 is 6.18 Å². The van der Waals surface area contributed by atoms with E-state index in [2.05, 4.69) is 41.3 Å². The van der Waals surface area contributed by atoms with E-state index in [1.807, 2.05) is 0 Å². The zero-order valence-electron chi connectivity index (χ0n) is 16.5. The topological polar surface area (TPSA) is 112 Å². The lowest BCUT2D eigenvalue weighted by Gasteiger charge is -2.32. The molecule has 9 nitrogen and oxygen atoms in total. The van der Waals surface area contributed by atoms with E-state index in [-0.39, 0.29) is 28.5 Å². The van der Waals surface area contributed by atoms with Crippen LogP contribution in [0.3, 0.4) is 0 Å². The van der Waals surface area contributed by atoms with Gasteiger partial charge in [0.25, 0.3) is 5.56 Å². The van der Waals surface area contributed by atoms with E-state index in [9.17, 15) is 18.0 Å². The van der Waals surface area contributed by atoms with Crippen molar-refractivity contribution in [3.63, 3.8) is 0 Å². The molecule has 3 aromatic heterocycles. The zero-order valence-corrected chi connectivity index (χ0v) is 18.1. The van der Waals surface area contributed by atoms with Crippen molar-refractivity contribution in [2.75, 3.05) is 23.9 Å². The van der Waals surface area contributed by atoms with Gasteiger partial charge in [0.15, 0.2) is 5.82 Å². The molecule has 0 aliphatic heterocycles. The number of alkyl halides is 3. The smallest absolute Gasteiger partial charge is 0.396 e. The van der Waals surface area contributed by atoms with Crippen LogP contribution < -0.4 is 15.8 Å². The maximum atomic E-state index is 13.4. The fraction of sp³-hybridized carbons (Fsp3) is 0.333. The highest BCUT2D eigenvalue weighted by Crippen LogP contribution is 2.35. The lowest BCUT2D eigenvalue weighted by molar-refractivity contribution is -0.151. The number of aryl methyl sites for hydroxylation is 1. The first-order valence-corrected chi connectivity index (χ1v) is 9.82. The van der Waals surface area contributed by atoms with Gasteiger partial charge in [0.2, 0.25) is 0 Å². The lowest BCUT2D eigenvalue weighted by Crippen LogP contribution is -2.44. The Morgan fingerprint density at radius 3 is 2.71 bits per heavy atom. The number of aromatic amines is 1. The Hall–Kier alpha value is -2.93.